The van der Waals surface area contributed by atoms with E-state index in [0.29, 0.717) is 6.42 Å². The average molecular weight is 142 g/mol. The summed E-state index contributed by atoms with van der Waals surface area (Å²) in [6.45, 7) is 0.106. The van der Waals surface area contributed by atoms with Crippen molar-refractivity contribution < 1.29 is 9.90 Å². The second-order valence-electron chi connectivity index (χ2n) is 2.74. The maximum Gasteiger partial charge on any atom is 0.223 e. The second kappa shape index (κ2) is 2.58. The van der Waals surface area contributed by atoms with Gasteiger partial charge in [-0.3, -0.25) is 4.79 Å². The van der Waals surface area contributed by atoms with Crippen LogP contribution in [0.3, 0.4) is 0 Å². The molecule has 0 heterocycles. The summed E-state index contributed by atoms with van der Waals surface area (Å²) >= 11 is 0. The Morgan fingerprint density at radius 2 is 2.30 bits per heavy atom. The Kier molecular flexibility index (Phi) is 1.94. The Labute approximate surface area is 60.2 Å². The van der Waals surface area contributed by atoms with E-state index in [9.17, 15) is 4.79 Å². The lowest BCUT2D eigenvalue weighted by Gasteiger charge is -2.07. The van der Waals surface area contributed by atoms with Crippen LogP contribution < -0.4 is 5.73 Å². The molecule has 3 nitrogen and oxygen atoms in total. The van der Waals surface area contributed by atoms with Crippen molar-refractivity contribution >= 4 is 5.91 Å². The number of carbonyl (C=O) groups excluding carboxylic acids is 1. The summed E-state index contributed by atoms with van der Waals surface area (Å²) in [6.07, 6.45) is 4.13. The second-order valence-corrected chi connectivity index (χ2v) is 2.74. The zero-order chi connectivity index (χ0) is 7.61. The van der Waals surface area contributed by atoms with Gasteiger partial charge in [-0.25, -0.2) is 0 Å². The van der Waals surface area contributed by atoms with Gasteiger partial charge in [-0.05, 0) is 25.7 Å². The molecule has 57 valence electrons. The van der Waals surface area contributed by atoms with Gasteiger partial charge in [-0.1, -0.05) is 0 Å². The Morgan fingerprint density at radius 3 is 2.60 bits per heavy atom. The lowest BCUT2D eigenvalue weighted by atomic mass is 10.0. The Bertz CT molecular complexity index is 141. The predicted molar refractivity (Wildman–Crippen MR) is 36.9 cm³/mol. The third kappa shape index (κ3) is 1.29. The highest BCUT2D eigenvalue weighted by Crippen LogP contribution is 2.48. The molecule has 1 radical (unpaired) electrons. The van der Waals surface area contributed by atoms with Crippen molar-refractivity contribution in [2.75, 3.05) is 6.61 Å². The summed E-state index contributed by atoms with van der Waals surface area (Å²) in [6, 6.07) is 0. The Morgan fingerprint density at radius 1 is 1.70 bits per heavy atom. The molecule has 0 spiro atoms. The van der Waals surface area contributed by atoms with E-state index in [2.05, 4.69) is 0 Å². The molecule has 0 unspecified atom stereocenters. The fourth-order valence-electron chi connectivity index (χ4n) is 1.03. The third-order valence-corrected chi connectivity index (χ3v) is 1.94. The summed E-state index contributed by atoms with van der Waals surface area (Å²) < 4.78 is 0. The minimum atomic E-state index is -0.345. The van der Waals surface area contributed by atoms with Crippen molar-refractivity contribution in [2.45, 2.75) is 19.3 Å². The molecule has 0 aromatic carbocycles. The summed E-state index contributed by atoms with van der Waals surface area (Å²) in [5.74, 6) is -0.249. The topological polar surface area (TPSA) is 63.3 Å². The predicted octanol–water partition coefficient (Wildman–Crippen LogP) is -0.161. The van der Waals surface area contributed by atoms with Crippen LogP contribution in [0.1, 0.15) is 19.3 Å². The van der Waals surface area contributed by atoms with Crippen molar-refractivity contribution in [3.8, 4) is 0 Å². The van der Waals surface area contributed by atoms with Crippen LogP contribution in [0.4, 0.5) is 0 Å². The standard InChI is InChI=1S/C7H12NO2/c8-6(10)7(3-4-7)2-1-5-9/h2,9H,1,3-5H2,(H2,8,10). The molecule has 3 heteroatoms. The van der Waals surface area contributed by atoms with Crippen LogP contribution in [-0.4, -0.2) is 17.6 Å². The number of carbonyl (C=O) groups is 1. The molecule has 0 atom stereocenters. The van der Waals surface area contributed by atoms with Crippen LogP contribution in [0.15, 0.2) is 0 Å². The normalized spacial score (nSPS) is 20.5. The average Bonchev–Trinajstić information content (AvgIpc) is 2.64. The van der Waals surface area contributed by atoms with Gasteiger partial charge in [0, 0.05) is 6.61 Å². The first-order valence-electron chi connectivity index (χ1n) is 3.46. The highest BCUT2D eigenvalue weighted by Gasteiger charge is 2.47. The molecule has 0 aromatic rings. The molecule has 1 rings (SSSR count). The molecule has 1 fully saturated rings. The van der Waals surface area contributed by atoms with E-state index in [1.807, 2.05) is 6.42 Å². The van der Waals surface area contributed by atoms with Gasteiger partial charge in [0.25, 0.3) is 0 Å². The van der Waals surface area contributed by atoms with Crippen molar-refractivity contribution in [1.82, 2.24) is 0 Å². The van der Waals surface area contributed by atoms with Gasteiger partial charge < -0.3 is 10.8 Å². The molecule has 3 N–H and O–H groups in total. The Balaban J connectivity index is 2.31. The maximum atomic E-state index is 10.7. The minimum Gasteiger partial charge on any atom is -0.396 e. The Hall–Kier alpha value is -0.570. The zero-order valence-corrected chi connectivity index (χ0v) is 5.84. The number of aliphatic hydroxyl groups excluding tert-OH is 1. The number of primary amides is 1. The van der Waals surface area contributed by atoms with E-state index in [1.54, 1.807) is 0 Å². The highest BCUT2D eigenvalue weighted by atomic mass is 16.3. The lowest BCUT2D eigenvalue weighted by molar-refractivity contribution is -0.122. The summed E-state index contributed by atoms with van der Waals surface area (Å²) in [5.41, 5.74) is 4.78. The first-order valence-corrected chi connectivity index (χ1v) is 3.46. The molecular weight excluding hydrogens is 130 g/mol. The summed E-state index contributed by atoms with van der Waals surface area (Å²) in [4.78, 5) is 10.7. The molecule has 1 amide bonds. The van der Waals surface area contributed by atoms with Crippen molar-refractivity contribution in [3.63, 3.8) is 0 Å². The minimum absolute atomic E-state index is 0.106. The maximum absolute atomic E-state index is 10.7. The van der Waals surface area contributed by atoms with Crippen LogP contribution >= 0.6 is 0 Å². The van der Waals surface area contributed by atoms with E-state index in [1.165, 1.54) is 0 Å². The van der Waals surface area contributed by atoms with Gasteiger partial charge in [0.2, 0.25) is 5.91 Å². The molecule has 1 saturated carbocycles. The number of hydrogen-bond donors (Lipinski definition) is 2. The first kappa shape index (κ1) is 7.54. The monoisotopic (exact) mass is 142 g/mol. The van der Waals surface area contributed by atoms with Crippen molar-refractivity contribution in [1.29, 1.82) is 0 Å². The van der Waals surface area contributed by atoms with Gasteiger partial charge in [0.1, 0.15) is 0 Å². The molecule has 0 aromatic heterocycles. The highest BCUT2D eigenvalue weighted by molar-refractivity contribution is 5.85. The van der Waals surface area contributed by atoms with Gasteiger partial charge in [-0.2, -0.15) is 0 Å². The van der Waals surface area contributed by atoms with Crippen LogP contribution in [0, 0.1) is 11.8 Å². The fraction of sp³-hybridized carbons (Fsp3) is 0.714. The molecular formula is C7H12NO2. The number of rotatable bonds is 4. The van der Waals surface area contributed by atoms with E-state index in [0.717, 1.165) is 12.8 Å². The third-order valence-electron chi connectivity index (χ3n) is 1.94. The summed E-state index contributed by atoms with van der Waals surface area (Å²) in [7, 11) is 0. The number of aliphatic hydroxyl groups is 1. The van der Waals surface area contributed by atoms with Gasteiger partial charge in [0.05, 0.1) is 5.41 Å². The molecule has 1 aliphatic carbocycles. The summed E-state index contributed by atoms with van der Waals surface area (Å²) in [5, 5.41) is 8.46. The largest absolute Gasteiger partial charge is 0.396 e. The lowest BCUT2D eigenvalue weighted by Crippen LogP contribution is -2.25. The van der Waals surface area contributed by atoms with Gasteiger partial charge >= 0.3 is 0 Å². The number of nitrogens with two attached hydrogens (primary N) is 1. The van der Waals surface area contributed by atoms with Gasteiger partial charge in [0.15, 0.2) is 0 Å². The van der Waals surface area contributed by atoms with E-state index in [4.69, 9.17) is 10.8 Å². The van der Waals surface area contributed by atoms with E-state index in [-0.39, 0.29) is 17.9 Å². The van der Waals surface area contributed by atoms with Crippen LogP contribution in [0.5, 0.6) is 0 Å². The SMILES string of the molecule is NC(=O)C1([CH]CCO)CC1. The zero-order valence-electron chi connectivity index (χ0n) is 5.84. The molecule has 0 saturated heterocycles. The van der Waals surface area contributed by atoms with Crippen LogP contribution in [-0.2, 0) is 4.79 Å². The number of hydrogen-bond acceptors (Lipinski definition) is 2. The fourth-order valence-corrected chi connectivity index (χ4v) is 1.03. The quantitative estimate of drug-likeness (QED) is 0.572. The van der Waals surface area contributed by atoms with Crippen LogP contribution in [0.2, 0.25) is 0 Å². The van der Waals surface area contributed by atoms with E-state index < -0.39 is 0 Å². The van der Waals surface area contributed by atoms with Crippen molar-refractivity contribution in [3.05, 3.63) is 6.42 Å². The first-order chi connectivity index (χ1) is 4.71. The van der Waals surface area contributed by atoms with Crippen LogP contribution in [0.25, 0.3) is 0 Å². The van der Waals surface area contributed by atoms with Gasteiger partial charge in [-0.15, -0.1) is 0 Å². The molecule has 1 aliphatic rings. The smallest absolute Gasteiger partial charge is 0.223 e. The molecule has 10 heavy (non-hydrogen) atoms. The van der Waals surface area contributed by atoms with Crippen molar-refractivity contribution in [2.24, 2.45) is 11.1 Å². The molecule has 0 bridgehead atoms. The van der Waals surface area contributed by atoms with E-state index >= 15 is 0 Å². The molecule has 0 aliphatic heterocycles. The number of amides is 1.